The number of thioether (sulfide) groups is 1. The van der Waals surface area contributed by atoms with Gasteiger partial charge in [-0.05, 0) is 30.7 Å². The average molecular weight is 266 g/mol. The highest BCUT2D eigenvalue weighted by Crippen LogP contribution is 2.30. The molecule has 1 aromatic rings. The van der Waals surface area contributed by atoms with Gasteiger partial charge in [0, 0.05) is 30.3 Å². The van der Waals surface area contributed by atoms with Gasteiger partial charge in [-0.15, -0.1) is 11.8 Å². The molecule has 0 aromatic heterocycles. The SMILES string of the molecule is CCNC(=O)N1CCSc2ccc(OC)cc2C1. The Kier molecular flexibility index (Phi) is 4.36. The average Bonchev–Trinajstić information content (AvgIpc) is 2.60. The van der Waals surface area contributed by atoms with Crippen molar-refractivity contribution in [1.29, 1.82) is 0 Å². The highest BCUT2D eigenvalue weighted by atomic mass is 32.2. The number of rotatable bonds is 2. The standard InChI is InChI=1S/C13H18N2O2S/c1-3-14-13(16)15-6-7-18-12-5-4-11(17-2)8-10(12)9-15/h4-5,8H,3,6-7,9H2,1-2H3,(H,14,16). The summed E-state index contributed by atoms with van der Waals surface area (Å²) in [5.74, 6) is 1.77. The van der Waals surface area contributed by atoms with E-state index in [1.807, 2.05) is 24.0 Å². The van der Waals surface area contributed by atoms with Crippen molar-refractivity contribution in [1.82, 2.24) is 10.2 Å². The number of nitrogens with zero attached hydrogens (tertiary/aromatic N) is 1. The number of hydrogen-bond acceptors (Lipinski definition) is 3. The van der Waals surface area contributed by atoms with Gasteiger partial charge in [-0.1, -0.05) is 0 Å². The van der Waals surface area contributed by atoms with Crippen LogP contribution in [0.25, 0.3) is 0 Å². The quantitative estimate of drug-likeness (QED) is 0.893. The van der Waals surface area contributed by atoms with Gasteiger partial charge in [0.05, 0.1) is 7.11 Å². The van der Waals surface area contributed by atoms with Crippen LogP contribution in [0.5, 0.6) is 5.75 Å². The van der Waals surface area contributed by atoms with Gasteiger partial charge in [0.25, 0.3) is 0 Å². The molecule has 1 aliphatic heterocycles. The van der Waals surface area contributed by atoms with E-state index >= 15 is 0 Å². The summed E-state index contributed by atoms with van der Waals surface area (Å²) in [5, 5.41) is 2.85. The van der Waals surface area contributed by atoms with Gasteiger partial charge < -0.3 is 15.0 Å². The van der Waals surface area contributed by atoms with Crippen molar-refractivity contribution in [3.63, 3.8) is 0 Å². The largest absolute Gasteiger partial charge is 0.497 e. The molecule has 0 fully saturated rings. The fraction of sp³-hybridized carbons (Fsp3) is 0.462. The first-order valence-electron chi connectivity index (χ1n) is 6.07. The number of methoxy groups -OCH3 is 1. The van der Waals surface area contributed by atoms with Gasteiger partial charge in [0.15, 0.2) is 0 Å². The molecule has 0 saturated heterocycles. The number of hydrogen-bond donors (Lipinski definition) is 1. The van der Waals surface area contributed by atoms with Crippen molar-refractivity contribution in [2.24, 2.45) is 0 Å². The molecule has 0 saturated carbocycles. The number of urea groups is 1. The molecule has 98 valence electrons. The third kappa shape index (κ3) is 2.90. The highest BCUT2D eigenvalue weighted by molar-refractivity contribution is 7.99. The second-order valence-corrected chi connectivity index (χ2v) is 5.22. The third-order valence-electron chi connectivity index (χ3n) is 2.86. The van der Waals surface area contributed by atoms with Gasteiger partial charge >= 0.3 is 6.03 Å². The van der Waals surface area contributed by atoms with Crippen LogP contribution < -0.4 is 10.1 Å². The lowest BCUT2D eigenvalue weighted by molar-refractivity contribution is 0.199. The second-order valence-electron chi connectivity index (χ2n) is 4.08. The van der Waals surface area contributed by atoms with Crippen LogP contribution in [0.4, 0.5) is 4.79 Å². The van der Waals surface area contributed by atoms with E-state index in [0.717, 1.165) is 23.6 Å². The van der Waals surface area contributed by atoms with Crippen molar-refractivity contribution >= 4 is 17.8 Å². The summed E-state index contributed by atoms with van der Waals surface area (Å²) in [7, 11) is 1.66. The maximum absolute atomic E-state index is 11.9. The van der Waals surface area contributed by atoms with E-state index in [4.69, 9.17) is 4.74 Å². The minimum absolute atomic E-state index is 0.00812. The van der Waals surface area contributed by atoms with Crippen LogP contribution in [0.15, 0.2) is 23.1 Å². The number of carbonyl (C=O) groups excluding carboxylic acids is 1. The lowest BCUT2D eigenvalue weighted by Gasteiger charge is -2.20. The topological polar surface area (TPSA) is 41.6 Å². The molecule has 2 amide bonds. The van der Waals surface area contributed by atoms with E-state index in [1.54, 1.807) is 18.9 Å². The first-order chi connectivity index (χ1) is 8.74. The summed E-state index contributed by atoms with van der Waals surface area (Å²) in [6.45, 7) is 4.01. The molecule has 2 rings (SSSR count). The summed E-state index contributed by atoms with van der Waals surface area (Å²) in [6.07, 6.45) is 0. The summed E-state index contributed by atoms with van der Waals surface area (Å²) in [5.41, 5.74) is 1.16. The molecule has 4 nitrogen and oxygen atoms in total. The van der Waals surface area contributed by atoms with Crippen LogP contribution >= 0.6 is 11.8 Å². The van der Waals surface area contributed by atoms with Crippen molar-refractivity contribution < 1.29 is 9.53 Å². The monoisotopic (exact) mass is 266 g/mol. The molecule has 18 heavy (non-hydrogen) atoms. The molecule has 0 spiro atoms. The molecule has 0 atom stereocenters. The predicted molar refractivity (Wildman–Crippen MR) is 73.2 cm³/mol. The van der Waals surface area contributed by atoms with Crippen molar-refractivity contribution in [3.8, 4) is 5.75 Å². The molecule has 0 unspecified atom stereocenters. The summed E-state index contributed by atoms with van der Waals surface area (Å²) >= 11 is 1.79. The number of ether oxygens (including phenoxy) is 1. The lowest BCUT2D eigenvalue weighted by atomic mass is 10.2. The van der Waals surface area contributed by atoms with E-state index in [2.05, 4.69) is 11.4 Å². The maximum atomic E-state index is 11.9. The summed E-state index contributed by atoms with van der Waals surface area (Å²) in [4.78, 5) is 15.0. The van der Waals surface area contributed by atoms with Crippen molar-refractivity contribution in [2.45, 2.75) is 18.4 Å². The maximum Gasteiger partial charge on any atom is 0.317 e. The fourth-order valence-electron chi connectivity index (χ4n) is 1.93. The van der Waals surface area contributed by atoms with E-state index in [9.17, 15) is 4.79 Å². The molecular formula is C13H18N2O2S. The molecule has 5 heteroatoms. The Morgan fingerprint density at radius 3 is 3.11 bits per heavy atom. The second kappa shape index (κ2) is 6.00. The molecule has 0 bridgehead atoms. The summed E-state index contributed by atoms with van der Waals surface area (Å²) < 4.78 is 5.24. The van der Waals surface area contributed by atoms with Gasteiger partial charge in [0.1, 0.15) is 5.75 Å². The molecule has 0 radical (unpaired) electrons. The molecule has 1 N–H and O–H groups in total. The lowest BCUT2D eigenvalue weighted by Crippen LogP contribution is -2.40. The zero-order valence-electron chi connectivity index (χ0n) is 10.7. The van der Waals surface area contributed by atoms with E-state index < -0.39 is 0 Å². The number of fused-ring (bicyclic) bond motifs is 1. The van der Waals surface area contributed by atoms with Gasteiger partial charge in [-0.3, -0.25) is 0 Å². The normalized spacial score (nSPS) is 14.7. The van der Waals surface area contributed by atoms with Crippen LogP contribution in [0, 0.1) is 0 Å². The fourth-order valence-corrected chi connectivity index (χ4v) is 2.94. The Balaban J connectivity index is 2.19. The molecule has 0 aliphatic carbocycles. The van der Waals surface area contributed by atoms with Crippen molar-refractivity contribution in [3.05, 3.63) is 23.8 Å². The Morgan fingerprint density at radius 1 is 1.56 bits per heavy atom. The van der Waals surface area contributed by atoms with E-state index in [0.29, 0.717) is 13.1 Å². The highest BCUT2D eigenvalue weighted by Gasteiger charge is 2.19. The first-order valence-corrected chi connectivity index (χ1v) is 7.05. The number of nitrogens with one attached hydrogen (secondary N) is 1. The number of benzene rings is 1. The zero-order chi connectivity index (χ0) is 13.0. The van der Waals surface area contributed by atoms with Gasteiger partial charge in [-0.25, -0.2) is 4.79 Å². The smallest absolute Gasteiger partial charge is 0.317 e. The molecular weight excluding hydrogens is 248 g/mol. The van der Waals surface area contributed by atoms with Crippen molar-refractivity contribution in [2.75, 3.05) is 26.0 Å². The van der Waals surface area contributed by atoms with Crippen LogP contribution in [0.1, 0.15) is 12.5 Å². The Hall–Kier alpha value is -1.36. The number of amides is 2. The predicted octanol–water partition coefficient (Wildman–Crippen LogP) is 2.33. The zero-order valence-corrected chi connectivity index (χ0v) is 11.5. The van der Waals surface area contributed by atoms with E-state index in [1.165, 1.54) is 4.90 Å². The van der Waals surface area contributed by atoms with Gasteiger partial charge in [0.2, 0.25) is 0 Å². The van der Waals surface area contributed by atoms with Crippen LogP contribution in [-0.2, 0) is 6.54 Å². The minimum Gasteiger partial charge on any atom is -0.497 e. The number of carbonyl (C=O) groups is 1. The van der Waals surface area contributed by atoms with Crippen LogP contribution in [-0.4, -0.2) is 36.9 Å². The van der Waals surface area contributed by atoms with E-state index in [-0.39, 0.29) is 6.03 Å². The molecule has 1 aliphatic rings. The summed E-state index contributed by atoms with van der Waals surface area (Å²) in [6, 6.07) is 6.06. The first kappa shape index (κ1) is 13.1. The van der Waals surface area contributed by atoms with Gasteiger partial charge in [-0.2, -0.15) is 0 Å². The molecule has 1 heterocycles. The minimum atomic E-state index is 0.00812. The Labute approximate surface area is 112 Å². The third-order valence-corrected chi connectivity index (χ3v) is 3.96. The Morgan fingerprint density at radius 2 is 2.39 bits per heavy atom. The Bertz CT molecular complexity index is 437. The molecule has 1 aromatic carbocycles. The van der Waals surface area contributed by atoms with Crippen LogP contribution in [0.3, 0.4) is 0 Å². The van der Waals surface area contributed by atoms with Crippen LogP contribution in [0.2, 0.25) is 0 Å².